The minimum absolute atomic E-state index is 0.207. The minimum Gasteiger partial charge on any atom is -0.206 e. The predicted molar refractivity (Wildman–Crippen MR) is 154 cm³/mol. The van der Waals surface area contributed by atoms with E-state index < -0.39 is 0 Å². The lowest BCUT2D eigenvalue weighted by molar-refractivity contribution is 0.620. The van der Waals surface area contributed by atoms with Crippen LogP contribution >= 0.6 is 54.5 Å². The Hall–Kier alpha value is -0.890. The average molecular weight is 694 g/mol. The molecule has 0 aliphatic heterocycles. The molecular formula is C28H33Br2F2I. The van der Waals surface area contributed by atoms with Gasteiger partial charge in [0.05, 0.1) is 8.95 Å². The van der Waals surface area contributed by atoms with Crippen molar-refractivity contribution in [1.29, 1.82) is 0 Å². The van der Waals surface area contributed by atoms with Crippen LogP contribution in [0.1, 0.15) is 83.6 Å². The second-order valence-electron chi connectivity index (χ2n) is 7.31. The highest BCUT2D eigenvalue weighted by atomic mass is 127. The normalized spacial score (nSPS) is 9.39. The first-order chi connectivity index (χ1) is 15.8. The van der Waals surface area contributed by atoms with Crippen LogP contribution in [0.4, 0.5) is 8.78 Å². The van der Waals surface area contributed by atoms with E-state index >= 15 is 0 Å². The Morgan fingerprint density at radius 3 is 1.82 bits per heavy atom. The summed E-state index contributed by atoms with van der Waals surface area (Å²) in [6.07, 6.45) is 17.0. The first-order valence-corrected chi connectivity index (χ1v) is 14.0. The largest absolute Gasteiger partial charge is 0.206 e. The average Bonchev–Trinajstić information content (AvgIpc) is 2.80. The van der Waals surface area contributed by atoms with E-state index in [4.69, 9.17) is 6.42 Å². The lowest BCUT2D eigenvalue weighted by atomic mass is 10.1. The molecule has 0 heterocycles. The summed E-state index contributed by atoms with van der Waals surface area (Å²) in [5, 5.41) is 0. The Morgan fingerprint density at radius 1 is 0.788 bits per heavy atom. The van der Waals surface area contributed by atoms with E-state index in [9.17, 15) is 8.78 Å². The molecule has 0 aromatic heterocycles. The molecule has 0 fully saturated rings. The Labute approximate surface area is 230 Å². The van der Waals surface area contributed by atoms with E-state index in [0.717, 1.165) is 28.4 Å². The van der Waals surface area contributed by atoms with E-state index in [2.05, 4.69) is 86.1 Å². The Balaban J connectivity index is 0.000000511. The Bertz CT molecular complexity index is 895. The van der Waals surface area contributed by atoms with Gasteiger partial charge in [-0.3, -0.25) is 0 Å². The first kappa shape index (κ1) is 32.1. The molecule has 0 unspecified atom stereocenters. The van der Waals surface area contributed by atoms with Crippen molar-refractivity contribution < 1.29 is 8.78 Å². The van der Waals surface area contributed by atoms with Gasteiger partial charge in [-0.25, -0.2) is 8.78 Å². The molecule has 2 aromatic rings. The first-order valence-electron chi connectivity index (χ1n) is 11.3. The van der Waals surface area contributed by atoms with Crippen LogP contribution in [0.5, 0.6) is 0 Å². The molecule has 0 atom stereocenters. The third kappa shape index (κ3) is 18.2. The number of hydrogen-bond acceptors (Lipinski definition) is 0. The van der Waals surface area contributed by atoms with Crippen molar-refractivity contribution in [3.8, 4) is 24.2 Å². The molecule has 0 aliphatic carbocycles. The molecular weight excluding hydrogens is 661 g/mol. The van der Waals surface area contributed by atoms with Crippen LogP contribution in [0.15, 0.2) is 45.3 Å². The third-order valence-corrected chi connectivity index (χ3v) is 6.32. The lowest BCUT2D eigenvalue weighted by Crippen LogP contribution is -1.80. The summed E-state index contributed by atoms with van der Waals surface area (Å²) in [4.78, 5) is 0. The van der Waals surface area contributed by atoms with Gasteiger partial charge in [-0.2, -0.15) is 0 Å². The summed E-state index contributed by atoms with van der Waals surface area (Å²) < 4.78 is 27.6. The maximum Gasteiger partial charge on any atom is 0.138 e. The molecule has 0 amide bonds. The third-order valence-electron chi connectivity index (χ3n) is 4.36. The summed E-state index contributed by atoms with van der Waals surface area (Å²) in [5.74, 6) is 8.22. The molecule has 180 valence electrons. The van der Waals surface area contributed by atoms with Crippen LogP contribution in [0, 0.1) is 39.4 Å². The van der Waals surface area contributed by atoms with E-state index in [1.807, 2.05) is 12.1 Å². The van der Waals surface area contributed by atoms with Gasteiger partial charge in [0.2, 0.25) is 0 Å². The molecule has 0 saturated carbocycles. The smallest absolute Gasteiger partial charge is 0.138 e. The zero-order valence-electron chi connectivity index (χ0n) is 19.5. The molecule has 0 N–H and O–H groups in total. The van der Waals surface area contributed by atoms with Crippen LogP contribution in [-0.2, 0) is 0 Å². The molecule has 0 bridgehead atoms. The second-order valence-corrected chi connectivity index (χ2v) is 10.3. The lowest BCUT2D eigenvalue weighted by Gasteiger charge is -1.94. The van der Waals surface area contributed by atoms with Crippen molar-refractivity contribution in [1.82, 2.24) is 0 Å². The number of terminal acetylenes is 1. The highest BCUT2D eigenvalue weighted by Gasteiger charge is 1.98. The quantitative estimate of drug-likeness (QED) is 0.112. The van der Waals surface area contributed by atoms with E-state index in [1.54, 1.807) is 12.1 Å². The molecule has 33 heavy (non-hydrogen) atoms. The molecule has 2 aromatic carbocycles. The number of hydrogen-bond donors (Lipinski definition) is 0. The molecule has 0 spiro atoms. The van der Waals surface area contributed by atoms with Crippen molar-refractivity contribution >= 4 is 54.5 Å². The monoisotopic (exact) mass is 692 g/mol. The fourth-order valence-corrected chi connectivity index (χ4v) is 3.45. The van der Waals surface area contributed by atoms with E-state index in [0.29, 0.717) is 8.95 Å². The number of benzene rings is 2. The van der Waals surface area contributed by atoms with Gasteiger partial charge in [0.1, 0.15) is 11.6 Å². The minimum atomic E-state index is -0.252. The zero-order valence-corrected chi connectivity index (χ0v) is 24.8. The van der Waals surface area contributed by atoms with Crippen LogP contribution in [-0.4, -0.2) is 0 Å². The maximum atomic E-state index is 13.1. The van der Waals surface area contributed by atoms with Crippen LogP contribution < -0.4 is 0 Å². The summed E-state index contributed by atoms with van der Waals surface area (Å²) >= 11 is 8.23. The number of unbranched alkanes of at least 4 members (excludes halogenated alkanes) is 8. The summed E-state index contributed by atoms with van der Waals surface area (Å²) in [7, 11) is 0. The van der Waals surface area contributed by atoms with Gasteiger partial charge in [-0.15, -0.1) is 12.3 Å². The molecule has 0 aliphatic rings. The van der Waals surface area contributed by atoms with Crippen LogP contribution in [0.2, 0.25) is 0 Å². The van der Waals surface area contributed by atoms with Gasteiger partial charge in [-0.1, -0.05) is 64.2 Å². The molecule has 0 nitrogen and oxygen atoms in total. The van der Waals surface area contributed by atoms with Crippen molar-refractivity contribution in [3.63, 3.8) is 0 Å². The van der Waals surface area contributed by atoms with Gasteiger partial charge >= 0.3 is 0 Å². The van der Waals surface area contributed by atoms with Gasteiger partial charge in [0.15, 0.2) is 0 Å². The highest BCUT2D eigenvalue weighted by molar-refractivity contribution is 14.1. The molecule has 2 rings (SSSR count). The van der Waals surface area contributed by atoms with Crippen molar-refractivity contribution in [3.05, 3.63) is 66.1 Å². The zero-order chi connectivity index (χ0) is 24.9. The van der Waals surface area contributed by atoms with Gasteiger partial charge < -0.3 is 0 Å². The topological polar surface area (TPSA) is 0 Å². The molecule has 0 saturated heterocycles. The van der Waals surface area contributed by atoms with Crippen molar-refractivity contribution in [2.45, 2.75) is 78.1 Å². The second kappa shape index (κ2) is 21.6. The molecule has 0 radical (unpaired) electrons. The maximum absolute atomic E-state index is 13.1. The standard InChI is InChI=1S/C14H16BrF.C8H14.C6H3BrFI/c1-2-3-4-5-6-7-8-12-9-10-13(15)14(16)11-12;1-3-5-7-8-6-4-2;7-5-2-1-4(9)3-6(5)8/h9-11H,2-6H2,1H3;1H,4-8H2,2H3;1-3H. The van der Waals surface area contributed by atoms with Crippen molar-refractivity contribution in [2.75, 3.05) is 0 Å². The predicted octanol–water partition coefficient (Wildman–Crippen LogP) is 10.7. The highest BCUT2D eigenvalue weighted by Crippen LogP contribution is 2.17. The molecule has 5 heteroatoms. The summed E-state index contributed by atoms with van der Waals surface area (Å²) in [6, 6.07) is 9.99. The number of halogens is 5. The number of rotatable bonds is 8. The van der Waals surface area contributed by atoms with Crippen LogP contribution in [0.3, 0.4) is 0 Å². The van der Waals surface area contributed by atoms with Crippen LogP contribution in [0.25, 0.3) is 0 Å². The van der Waals surface area contributed by atoms with Crippen molar-refractivity contribution in [2.24, 2.45) is 0 Å². The van der Waals surface area contributed by atoms with Gasteiger partial charge in [-0.05, 0) is 104 Å². The Morgan fingerprint density at radius 2 is 1.33 bits per heavy atom. The van der Waals surface area contributed by atoms with Gasteiger partial charge in [0, 0.05) is 22.0 Å². The Kier molecular flexibility index (Phi) is 21.0. The fraction of sp³-hybridized carbons (Fsp3) is 0.429. The summed E-state index contributed by atoms with van der Waals surface area (Å²) in [5.41, 5.74) is 0.746. The van der Waals surface area contributed by atoms with E-state index in [1.165, 1.54) is 57.1 Å². The fourth-order valence-electron chi connectivity index (χ4n) is 2.50. The summed E-state index contributed by atoms with van der Waals surface area (Å²) in [6.45, 7) is 4.39. The van der Waals surface area contributed by atoms with E-state index in [-0.39, 0.29) is 11.6 Å². The SMILES string of the molecule is C#CCCCCCC.CCCCCCC#Cc1ccc(Br)c(F)c1.Fc1cc(I)ccc1Br. The van der Waals surface area contributed by atoms with Gasteiger partial charge in [0.25, 0.3) is 0 Å².